The summed E-state index contributed by atoms with van der Waals surface area (Å²) in [5, 5.41) is 0. The lowest BCUT2D eigenvalue weighted by Gasteiger charge is -2.35. The van der Waals surface area contributed by atoms with Crippen molar-refractivity contribution in [2.45, 2.75) is 46.1 Å². The summed E-state index contributed by atoms with van der Waals surface area (Å²) in [6, 6.07) is 0.405. The molecule has 0 aromatic heterocycles. The SMILES string of the molecule is CC1CCCCN1C(=O)CN(C)CC(C)(C)CN.Cl. The number of halogens is 1. The molecule has 2 N–H and O–H groups in total. The van der Waals surface area contributed by atoms with Gasteiger partial charge in [-0.2, -0.15) is 0 Å². The van der Waals surface area contributed by atoms with Crippen LogP contribution in [-0.2, 0) is 4.79 Å². The molecule has 0 aliphatic carbocycles. The predicted octanol–water partition coefficient (Wildman–Crippen LogP) is 1.73. The van der Waals surface area contributed by atoms with Crippen molar-refractivity contribution in [1.29, 1.82) is 0 Å². The lowest BCUT2D eigenvalue weighted by Crippen LogP contribution is -2.48. The maximum atomic E-state index is 12.2. The monoisotopic (exact) mass is 291 g/mol. The van der Waals surface area contributed by atoms with Crippen molar-refractivity contribution in [3.05, 3.63) is 0 Å². The van der Waals surface area contributed by atoms with Crippen molar-refractivity contribution in [1.82, 2.24) is 9.80 Å². The summed E-state index contributed by atoms with van der Waals surface area (Å²) in [5.41, 5.74) is 5.80. The van der Waals surface area contributed by atoms with Crippen molar-refractivity contribution < 1.29 is 4.79 Å². The normalized spacial score (nSPS) is 20.3. The Balaban J connectivity index is 0.00000324. The van der Waals surface area contributed by atoms with Crippen LogP contribution in [0.2, 0.25) is 0 Å². The molecule has 1 heterocycles. The molecule has 0 bridgehead atoms. The van der Waals surface area contributed by atoms with Crippen molar-refractivity contribution in [3.63, 3.8) is 0 Å². The highest BCUT2D eigenvalue weighted by molar-refractivity contribution is 5.85. The Kier molecular flexibility index (Phi) is 7.94. The van der Waals surface area contributed by atoms with Gasteiger partial charge in [0.25, 0.3) is 0 Å². The van der Waals surface area contributed by atoms with E-state index < -0.39 is 0 Å². The Morgan fingerprint density at radius 2 is 2.05 bits per heavy atom. The lowest BCUT2D eigenvalue weighted by atomic mass is 9.93. The van der Waals surface area contributed by atoms with E-state index in [0.29, 0.717) is 19.1 Å². The van der Waals surface area contributed by atoms with Gasteiger partial charge < -0.3 is 10.6 Å². The van der Waals surface area contributed by atoms with Crippen LogP contribution in [0.5, 0.6) is 0 Å². The zero-order valence-electron chi connectivity index (χ0n) is 12.8. The number of nitrogens with zero attached hydrogens (tertiary/aromatic N) is 2. The number of carbonyl (C=O) groups is 1. The van der Waals surface area contributed by atoms with Gasteiger partial charge in [0.2, 0.25) is 5.91 Å². The van der Waals surface area contributed by atoms with Gasteiger partial charge in [-0.15, -0.1) is 12.4 Å². The van der Waals surface area contributed by atoms with E-state index in [-0.39, 0.29) is 23.7 Å². The van der Waals surface area contributed by atoms with Crippen molar-refractivity contribution >= 4 is 18.3 Å². The quantitative estimate of drug-likeness (QED) is 0.839. The standard InChI is InChI=1S/C14H29N3O.ClH/c1-12-7-5-6-8-17(12)13(18)9-16(4)11-14(2,3)10-15;/h12H,5-11,15H2,1-4H3;1H. The van der Waals surface area contributed by atoms with Crippen LogP contribution in [0.1, 0.15) is 40.0 Å². The van der Waals surface area contributed by atoms with Gasteiger partial charge in [0, 0.05) is 19.1 Å². The van der Waals surface area contributed by atoms with Gasteiger partial charge in [0.05, 0.1) is 6.54 Å². The predicted molar refractivity (Wildman–Crippen MR) is 82.6 cm³/mol. The summed E-state index contributed by atoms with van der Waals surface area (Å²) in [5.74, 6) is 0.262. The van der Waals surface area contributed by atoms with E-state index in [4.69, 9.17) is 5.73 Å². The van der Waals surface area contributed by atoms with Crippen LogP contribution in [0, 0.1) is 5.41 Å². The highest BCUT2D eigenvalue weighted by atomic mass is 35.5. The smallest absolute Gasteiger partial charge is 0.236 e. The highest BCUT2D eigenvalue weighted by Gasteiger charge is 2.25. The van der Waals surface area contributed by atoms with E-state index in [1.807, 2.05) is 11.9 Å². The summed E-state index contributed by atoms with van der Waals surface area (Å²) >= 11 is 0. The number of rotatable bonds is 5. The number of hydrogen-bond donors (Lipinski definition) is 1. The van der Waals surface area contributed by atoms with Crippen LogP contribution in [0.4, 0.5) is 0 Å². The maximum Gasteiger partial charge on any atom is 0.236 e. The first-order valence-electron chi connectivity index (χ1n) is 7.04. The van der Waals surface area contributed by atoms with Crippen LogP contribution >= 0.6 is 12.4 Å². The molecule has 0 spiro atoms. The summed E-state index contributed by atoms with van der Waals surface area (Å²) in [4.78, 5) is 16.4. The largest absolute Gasteiger partial charge is 0.339 e. The minimum atomic E-state index is 0. The Morgan fingerprint density at radius 3 is 2.58 bits per heavy atom. The molecule has 1 aliphatic heterocycles. The molecule has 1 fully saturated rings. The lowest BCUT2D eigenvalue weighted by molar-refractivity contribution is -0.135. The number of likely N-dealkylation sites (N-methyl/N-ethyl adjacent to an activating group) is 1. The fourth-order valence-corrected chi connectivity index (χ4v) is 2.64. The third-order valence-electron chi connectivity index (χ3n) is 3.78. The first-order chi connectivity index (χ1) is 8.35. The van der Waals surface area contributed by atoms with Crippen molar-refractivity contribution in [3.8, 4) is 0 Å². The number of carbonyl (C=O) groups excluding carboxylic acids is 1. The Morgan fingerprint density at radius 1 is 1.42 bits per heavy atom. The van der Waals surface area contributed by atoms with Crippen LogP contribution < -0.4 is 5.73 Å². The Bertz CT molecular complexity index is 284. The van der Waals surface area contributed by atoms with Gasteiger partial charge in [-0.25, -0.2) is 0 Å². The minimum absolute atomic E-state index is 0. The van der Waals surface area contributed by atoms with Gasteiger partial charge >= 0.3 is 0 Å². The van der Waals surface area contributed by atoms with Gasteiger partial charge in [-0.1, -0.05) is 13.8 Å². The van der Waals surface area contributed by atoms with Crippen molar-refractivity contribution in [2.24, 2.45) is 11.1 Å². The Labute approximate surface area is 124 Å². The summed E-state index contributed by atoms with van der Waals surface area (Å²) in [6.07, 6.45) is 3.54. The number of likely N-dealkylation sites (tertiary alicyclic amines) is 1. The second-order valence-electron chi connectivity index (χ2n) is 6.47. The van der Waals surface area contributed by atoms with Crippen LogP contribution in [0.15, 0.2) is 0 Å². The van der Waals surface area contributed by atoms with E-state index in [9.17, 15) is 4.79 Å². The molecule has 4 nitrogen and oxygen atoms in total. The van der Waals surface area contributed by atoms with Gasteiger partial charge in [-0.3, -0.25) is 9.69 Å². The van der Waals surface area contributed by atoms with E-state index >= 15 is 0 Å². The zero-order valence-corrected chi connectivity index (χ0v) is 13.6. The molecule has 0 aromatic rings. The number of amides is 1. The van der Waals surface area contributed by atoms with E-state index in [1.165, 1.54) is 6.42 Å². The molecule has 0 saturated carbocycles. The van der Waals surface area contributed by atoms with Gasteiger partial charge in [0.1, 0.15) is 0 Å². The summed E-state index contributed by atoms with van der Waals surface area (Å²) < 4.78 is 0. The first kappa shape index (κ1) is 18.7. The zero-order chi connectivity index (χ0) is 13.8. The average molecular weight is 292 g/mol. The van der Waals surface area contributed by atoms with E-state index in [2.05, 4.69) is 25.7 Å². The second kappa shape index (κ2) is 8.08. The summed E-state index contributed by atoms with van der Waals surface area (Å²) in [6.45, 7) is 9.36. The van der Waals surface area contributed by atoms with E-state index in [0.717, 1.165) is 25.9 Å². The topological polar surface area (TPSA) is 49.6 Å². The third-order valence-corrected chi connectivity index (χ3v) is 3.78. The maximum absolute atomic E-state index is 12.2. The molecule has 0 radical (unpaired) electrons. The fraction of sp³-hybridized carbons (Fsp3) is 0.929. The second-order valence-corrected chi connectivity index (χ2v) is 6.47. The van der Waals surface area contributed by atoms with Crippen LogP contribution in [0.3, 0.4) is 0 Å². The molecular formula is C14H30ClN3O. The minimum Gasteiger partial charge on any atom is -0.339 e. The van der Waals surface area contributed by atoms with Crippen molar-refractivity contribution in [2.75, 3.05) is 33.2 Å². The first-order valence-corrected chi connectivity index (χ1v) is 7.04. The van der Waals surface area contributed by atoms with Crippen LogP contribution in [-0.4, -0.2) is 55.0 Å². The third kappa shape index (κ3) is 6.11. The van der Waals surface area contributed by atoms with Crippen LogP contribution in [0.25, 0.3) is 0 Å². The number of nitrogens with two attached hydrogens (primary N) is 1. The molecule has 114 valence electrons. The molecule has 5 heteroatoms. The molecule has 1 rings (SSSR count). The molecule has 0 aromatic carbocycles. The molecule has 1 atom stereocenters. The van der Waals surface area contributed by atoms with Gasteiger partial charge in [-0.05, 0) is 45.2 Å². The van der Waals surface area contributed by atoms with E-state index in [1.54, 1.807) is 0 Å². The molecule has 1 saturated heterocycles. The fourth-order valence-electron chi connectivity index (χ4n) is 2.64. The van der Waals surface area contributed by atoms with Gasteiger partial charge in [0.15, 0.2) is 0 Å². The Hall–Kier alpha value is -0.320. The molecule has 1 aliphatic rings. The summed E-state index contributed by atoms with van der Waals surface area (Å²) in [7, 11) is 2.00. The number of piperidine rings is 1. The highest BCUT2D eigenvalue weighted by Crippen LogP contribution is 2.18. The molecule has 1 unspecified atom stereocenters. The average Bonchev–Trinajstić information content (AvgIpc) is 2.28. The molecule has 1 amide bonds. The molecule has 19 heavy (non-hydrogen) atoms. The molecular weight excluding hydrogens is 262 g/mol. The number of hydrogen-bond acceptors (Lipinski definition) is 3.